The van der Waals surface area contributed by atoms with E-state index in [4.69, 9.17) is 21.3 Å². The Morgan fingerprint density at radius 2 is 2.10 bits per heavy atom. The van der Waals surface area contributed by atoms with Crippen LogP contribution in [-0.2, 0) is 10.3 Å². The fourth-order valence-electron chi connectivity index (χ4n) is 3.02. The van der Waals surface area contributed by atoms with Gasteiger partial charge in [-0.3, -0.25) is 0 Å². The number of halogens is 1. The van der Waals surface area contributed by atoms with E-state index in [1.54, 1.807) is 0 Å². The zero-order valence-corrected chi connectivity index (χ0v) is 13.7. The SMILES string of the molecule is CCOC1(c2ncc(C(C)Cl)c(C)n2)CCC(C)CC1. The van der Waals surface area contributed by atoms with Crippen LogP contribution in [0.25, 0.3) is 0 Å². The summed E-state index contributed by atoms with van der Waals surface area (Å²) in [5, 5.41) is -0.0570. The molecule has 0 radical (unpaired) electrons. The van der Waals surface area contributed by atoms with E-state index in [1.165, 1.54) is 12.8 Å². The van der Waals surface area contributed by atoms with Gasteiger partial charge in [0.25, 0.3) is 0 Å². The van der Waals surface area contributed by atoms with Gasteiger partial charge >= 0.3 is 0 Å². The molecule has 0 N–H and O–H groups in total. The molecule has 4 heteroatoms. The predicted molar refractivity (Wildman–Crippen MR) is 82.0 cm³/mol. The lowest BCUT2D eigenvalue weighted by Gasteiger charge is -2.38. The van der Waals surface area contributed by atoms with Gasteiger partial charge in [0, 0.05) is 24.1 Å². The molecular formula is C16H25ClN2O. The highest BCUT2D eigenvalue weighted by molar-refractivity contribution is 6.20. The summed E-state index contributed by atoms with van der Waals surface area (Å²) in [4.78, 5) is 9.29. The van der Waals surface area contributed by atoms with Crippen LogP contribution in [0.1, 0.15) is 68.9 Å². The van der Waals surface area contributed by atoms with Crippen LogP contribution >= 0.6 is 11.6 Å². The van der Waals surface area contributed by atoms with Crippen LogP contribution in [0, 0.1) is 12.8 Å². The zero-order chi connectivity index (χ0) is 14.8. The van der Waals surface area contributed by atoms with E-state index in [9.17, 15) is 0 Å². The highest BCUT2D eigenvalue weighted by Crippen LogP contribution is 2.41. The van der Waals surface area contributed by atoms with E-state index < -0.39 is 0 Å². The molecule has 1 unspecified atom stereocenters. The molecular weight excluding hydrogens is 272 g/mol. The first-order valence-electron chi connectivity index (χ1n) is 7.60. The van der Waals surface area contributed by atoms with Gasteiger partial charge in [-0.25, -0.2) is 9.97 Å². The Morgan fingerprint density at radius 3 is 2.60 bits per heavy atom. The Morgan fingerprint density at radius 1 is 1.45 bits per heavy atom. The summed E-state index contributed by atoms with van der Waals surface area (Å²) < 4.78 is 6.10. The van der Waals surface area contributed by atoms with Crippen molar-refractivity contribution < 1.29 is 4.74 Å². The first-order chi connectivity index (χ1) is 9.48. The van der Waals surface area contributed by atoms with Crippen molar-refractivity contribution in [3.05, 3.63) is 23.3 Å². The highest BCUT2D eigenvalue weighted by Gasteiger charge is 2.39. The van der Waals surface area contributed by atoms with Crippen LogP contribution in [0.15, 0.2) is 6.20 Å². The number of aromatic nitrogens is 2. The van der Waals surface area contributed by atoms with Crippen molar-refractivity contribution in [3.63, 3.8) is 0 Å². The molecule has 0 bridgehead atoms. The average Bonchev–Trinajstić information content (AvgIpc) is 2.41. The minimum Gasteiger partial charge on any atom is -0.367 e. The average molecular weight is 297 g/mol. The quantitative estimate of drug-likeness (QED) is 0.766. The molecule has 1 saturated carbocycles. The molecule has 1 aliphatic rings. The first kappa shape index (κ1) is 15.7. The van der Waals surface area contributed by atoms with Crippen molar-refractivity contribution in [2.45, 2.75) is 64.4 Å². The van der Waals surface area contributed by atoms with Gasteiger partial charge in [-0.15, -0.1) is 11.6 Å². The molecule has 3 nitrogen and oxygen atoms in total. The molecule has 1 atom stereocenters. The molecule has 0 spiro atoms. The fourth-order valence-corrected chi connectivity index (χ4v) is 3.24. The van der Waals surface area contributed by atoms with Crippen molar-refractivity contribution >= 4 is 11.6 Å². The molecule has 1 aliphatic carbocycles. The van der Waals surface area contributed by atoms with Crippen LogP contribution in [0.3, 0.4) is 0 Å². The summed E-state index contributed by atoms with van der Waals surface area (Å²) >= 11 is 6.15. The van der Waals surface area contributed by atoms with Gasteiger partial charge in [-0.1, -0.05) is 6.92 Å². The van der Waals surface area contributed by atoms with Crippen LogP contribution < -0.4 is 0 Å². The normalized spacial score (nSPS) is 28.4. The minimum absolute atomic E-state index is 0.0570. The van der Waals surface area contributed by atoms with E-state index in [2.05, 4.69) is 11.9 Å². The molecule has 112 valence electrons. The maximum Gasteiger partial charge on any atom is 0.160 e. The number of alkyl halides is 1. The topological polar surface area (TPSA) is 35.0 Å². The summed E-state index contributed by atoms with van der Waals surface area (Å²) in [6.45, 7) is 9.00. The van der Waals surface area contributed by atoms with Gasteiger partial charge in [0.1, 0.15) is 5.60 Å². The molecule has 0 aromatic carbocycles. The van der Waals surface area contributed by atoms with Crippen LogP contribution in [-0.4, -0.2) is 16.6 Å². The highest BCUT2D eigenvalue weighted by atomic mass is 35.5. The molecule has 0 saturated heterocycles. The lowest BCUT2D eigenvalue weighted by molar-refractivity contribution is -0.0838. The molecule has 20 heavy (non-hydrogen) atoms. The zero-order valence-electron chi connectivity index (χ0n) is 12.9. The van der Waals surface area contributed by atoms with E-state index in [-0.39, 0.29) is 11.0 Å². The van der Waals surface area contributed by atoms with Gasteiger partial charge in [-0.2, -0.15) is 0 Å². The van der Waals surface area contributed by atoms with Crippen molar-refractivity contribution in [2.75, 3.05) is 6.61 Å². The van der Waals surface area contributed by atoms with E-state index in [1.807, 2.05) is 27.0 Å². The molecule has 0 aliphatic heterocycles. The molecule has 1 aromatic heterocycles. The van der Waals surface area contributed by atoms with E-state index in [0.717, 1.165) is 35.8 Å². The van der Waals surface area contributed by atoms with Crippen LogP contribution in [0.4, 0.5) is 0 Å². The monoisotopic (exact) mass is 296 g/mol. The third-order valence-corrected chi connectivity index (χ3v) is 4.59. The molecule has 0 amide bonds. The number of hydrogen-bond acceptors (Lipinski definition) is 3. The van der Waals surface area contributed by atoms with Crippen molar-refractivity contribution in [3.8, 4) is 0 Å². The van der Waals surface area contributed by atoms with Gasteiger partial charge in [-0.05, 0) is 52.4 Å². The van der Waals surface area contributed by atoms with Crippen molar-refractivity contribution in [1.82, 2.24) is 9.97 Å². The Bertz CT molecular complexity index is 454. The second-order valence-electron chi connectivity index (χ2n) is 5.96. The van der Waals surface area contributed by atoms with Gasteiger partial charge in [0.15, 0.2) is 5.82 Å². The Hall–Kier alpha value is -0.670. The fraction of sp³-hybridized carbons (Fsp3) is 0.750. The lowest BCUT2D eigenvalue weighted by Crippen LogP contribution is -2.36. The second-order valence-corrected chi connectivity index (χ2v) is 6.61. The summed E-state index contributed by atoms with van der Waals surface area (Å²) in [5.74, 6) is 1.61. The van der Waals surface area contributed by atoms with Gasteiger partial charge in [0.05, 0.1) is 5.38 Å². The van der Waals surface area contributed by atoms with E-state index in [0.29, 0.717) is 6.61 Å². The molecule has 1 aromatic rings. The maximum absolute atomic E-state index is 6.15. The number of rotatable bonds is 4. The number of aryl methyl sites for hydroxylation is 1. The number of ether oxygens (including phenoxy) is 1. The largest absolute Gasteiger partial charge is 0.367 e. The smallest absolute Gasteiger partial charge is 0.160 e. The predicted octanol–water partition coefficient (Wildman–Crippen LogP) is 4.53. The third-order valence-electron chi connectivity index (χ3n) is 4.36. The summed E-state index contributed by atoms with van der Waals surface area (Å²) in [6.07, 6.45) is 6.24. The Kier molecular flexibility index (Phi) is 5.03. The molecule has 2 rings (SSSR count). The lowest BCUT2D eigenvalue weighted by atomic mass is 9.78. The third kappa shape index (κ3) is 3.15. The van der Waals surface area contributed by atoms with Crippen LogP contribution in [0.2, 0.25) is 0 Å². The Labute approximate surface area is 127 Å². The molecule has 1 heterocycles. The molecule has 1 fully saturated rings. The summed E-state index contributed by atoms with van der Waals surface area (Å²) in [7, 11) is 0. The number of nitrogens with zero attached hydrogens (tertiary/aromatic N) is 2. The minimum atomic E-state index is -0.292. The van der Waals surface area contributed by atoms with Crippen molar-refractivity contribution in [2.24, 2.45) is 5.92 Å². The van der Waals surface area contributed by atoms with Gasteiger partial charge in [0.2, 0.25) is 0 Å². The van der Waals surface area contributed by atoms with Crippen LogP contribution in [0.5, 0.6) is 0 Å². The standard InChI is InChI=1S/C16H25ClN2O/c1-5-20-16(8-6-11(2)7-9-16)15-18-10-14(12(3)17)13(4)19-15/h10-12H,5-9H2,1-4H3. The number of hydrogen-bond donors (Lipinski definition) is 0. The first-order valence-corrected chi connectivity index (χ1v) is 8.04. The summed E-state index contributed by atoms with van der Waals surface area (Å²) in [6, 6.07) is 0. The van der Waals surface area contributed by atoms with E-state index >= 15 is 0 Å². The Balaban J connectivity index is 2.32. The maximum atomic E-state index is 6.15. The second kappa shape index (κ2) is 6.40. The summed E-state index contributed by atoms with van der Waals surface area (Å²) in [5.41, 5.74) is 1.68. The van der Waals surface area contributed by atoms with Gasteiger partial charge < -0.3 is 4.74 Å². The van der Waals surface area contributed by atoms with Crippen molar-refractivity contribution in [1.29, 1.82) is 0 Å².